The number of likely N-dealkylation sites (tertiary alicyclic amines) is 1. The molecule has 1 saturated heterocycles. The van der Waals surface area contributed by atoms with Crippen LogP contribution in [0.25, 0.3) is 11.0 Å². The summed E-state index contributed by atoms with van der Waals surface area (Å²) in [5.41, 5.74) is 1.32. The molecule has 1 fully saturated rings. The van der Waals surface area contributed by atoms with Gasteiger partial charge in [-0.1, -0.05) is 6.07 Å². The van der Waals surface area contributed by atoms with Crippen molar-refractivity contribution in [2.75, 3.05) is 13.6 Å². The van der Waals surface area contributed by atoms with Crippen LogP contribution in [0.3, 0.4) is 0 Å². The predicted octanol–water partition coefficient (Wildman–Crippen LogP) is 1.45. The molecular weight excluding hydrogens is 258 g/mol. The van der Waals surface area contributed by atoms with E-state index in [1.807, 2.05) is 10.6 Å². The first kappa shape index (κ1) is 12.7. The number of carbonyl (C=O) groups is 2. The molecule has 2 heterocycles. The summed E-state index contributed by atoms with van der Waals surface area (Å²) in [6, 6.07) is 4.75. The zero-order valence-corrected chi connectivity index (χ0v) is 11.3. The molecule has 0 radical (unpaired) electrons. The van der Waals surface area contributed by atoms with Gasteiger partial charge in [-0.2, -0.15) is 0 Å². The van der Waals surface area contributed by atoms with Crippen molar-refractivity contribution >= 4 is 22.9 Å². The molecule has 1 aromatic carbocycles. The van der Waals surface area contributed by atoms with Crippen molar-refractivity contribution in [3.63, 3.8) is 0 Å². The first-order valence-corrected chi connectivity index (χ1v) is 6.46. The molecule has 1 atom stereocenters. The summed E-state index contributed by atoms with van der Waals surface area (Å²) in [7, 11) is 1.78. The minimum Gasteiger partial charge on any atom is -0.478 e. The van der Waals surface area contributed by atoms with Crippen molar-refractivity contribution in [1.82, 2.24) is 14.5 Å². The number of hydrogen-bond acceptors (Lipinski definition) is 3. The van der Waals surface area contributed by atoms with E-state index in [4.69, 9.17) is 0 Å². The first-order valence-electron chi connectivity index (χ1n) is 6.46. The summed E-state index contributed by atoms with van der Waals surface area (Å²) in [6.07, 6.45) is 0.721. The quantitative estimate of drug-likeness (QED) is 0.898. The number of aromatic carboxylic acids is 1. The number of para-hydroxylation sites is 1. The zero-order valence-electron chi connectivity index (χ0n) is 11.3. The van der Waals surface area contributed by atoms with Crippen LogP contribution >= 0.6 is 0 Å². The molecule has 1 N–H and O–H groups in total. The van der Waals surface area contributed by atoms with Gasteiger partial charge in [0, 0.05) is 13.6 Å². The molecule has 20 heavy (non-hydrogen) atoms. The van der Waals surface area contributed by atoms with E-state index >= 15 is 0 Å². The fraction of sp³-hybridized carbons (Fsp3) is 0.357. The minimum atomic E-state index is -1.00. The average molecular weight is 273 g/mol. The van der Waals surface area contributed by atoms with Crippen molar-refractivity contribution in [1.29, 1.82) is 0 Å². The first-order chi connectivity index (χ1) is 9.50. The largest absolute Gasteiger partial charge is 0.478 e. The van der Waals surface area contributed by atoms with Crippen LogP contribution in [-0.2, 0) is 4.79 Å². The lowest BCUT2D eigenvalue weighted by atomic mass is 10.1. The summed E-state index contributed by atoms with van der Waals surface area (Å²) in [6.45, 7) is 2.51. The van der Waals surface area contributed by atoms with Crippen molar-refractivity contribution in [3.8, 4) is 0 Å². The summed E-state index contributed by atoms with van der Waals surface area (Å²) in [4.78, 5) is 29.5. The second-order valence-electron chi connectivity index (χ2n) is 5.07. The molecule has 1 amide bonds. The van der Waals surface area contributed by atoms with Crippen molar-refractivity contribution in [3.05, 3.63) is 29.6 Å². The molecule has 0 saturated carbocycles. The number of likely N-dealkylation sites (N-methyl/N-ethyl adjacent to an activating group) is 1. The molecule has 1 unspecified atom stereocenters. The Balaban J connectivity index is 2.22. The van der Waals surface area contributed by atoms with Crippen LogP contribution in [0, 0.1) is 6.92 Å². The normalized spacial score (nSPS) is 19.0. The number of carbonyl (C=O) groups excluding carboxylic acids is 1. The van der Waals surface area contributed by atoms with E-state index in [0.717, 1.165) is 6.42 Å². The van der Waals surface area contributed by atoms with Gasteiger partial charge < -0.3 is 14.6 Å². The van der Waals surface area contributed by atoms with Crippen LogP contribution in [0.1, 0.15) is 28.6 Å². The van der Waals surface area contributed by atoms with Gasteiger partial charge in [0.2, 0.25) is 5.91 Å². The van der Waals surface area contributed by atoms with E-state index in [-0.39, 0.29) is 17.5 Å². The number of aromatic nitrogens is 2. The third-order valence-electron chi connectivity index (χ3n) is 3.84. The third-order valence-corrected chi connectivity index (χ3v) is 3.84. The number of imidazole rings is 1. The topological polar surface area (TPSA) is 75.4 Å². The second kappa shape index (κ2) is 4.33. The molecule has 0 bridgehead atoms. The highest BCUT2D eigenvalue weighted by molar-refractivity contribution is 6.01. The number of aryl methyl sites for hydroxylation is 1. The smallest absolute Gasteiger partial charge is 0.337 e. The maximum Gasteiger partial charge on any atom is 0.337 e. The number of rotatable bonds is 2. The zero-order chi connectivity index (χ0) is 14.4. The SMILES string of the molecule is Cc1nc2c(C(=O)O)cccc2n1C1CCN(C)C1=O. The van der Waals surface area contributed by atoms with E-state index in [0.29, 0.717) is 23.4 Å². The van der Waals surface area contributed by atoms with Gasteiger partial charge in [-0.05, 0) is 25.5 Å². The maximum atomic E-state index is 12.2. The van der Waals surface area contributed by atoms with Gasteiger partial charge in [0.05, 0.1) is 11.1 Å². The highest BCUT2D eigenvalue weighted by atomic mass is 16.4. The Hall–Kier alpha value is -2.37. The van der Waals surface area contributed by atoms with E-state index < -0.39 is 5.97 Å². The number of fused-ring (bicyclic) bond motifs is 1. The Labute approximate surface area is 115 Å². The Morgan fingerprint density at radius 2 is 2.20 bits per heavy atom. The molecule has 1 aromatic heterocycles. The molecule has 3 rings (SSSR count). The summed E-state index contributed by atoms with van der Waals surface area (Å²) < 4.78 is 1.85. The Bertz CT molecular complexity index is 720. The van der Waals surface area contributed by atoms with E-state index in [1.54, 1.807) is 24.9 Å². The summed E-state index contributed by atoms with van der Waals surface area (Å²) >= 11 is 0. The summed E-state index contributed by atoms with van der Waals surface area (Å²) in [5, 5.41) is 9.22. The number of hydrogen-bond donors (Lipinski definition) is 1. The van der Waals surface area contributed by atoms with Crippen LogP contribution in [0.5, 0.6) is 0 Å². The van der Waals surface area contributed by atoms with Crippen molar-refractivity contribution in [2.45, 2.75) is 19.4 Å². The van der Waals surface area contributed by atoms with E-state index in [9.17, 15) is 14.7 Å². The monoisotopic (exact) mass is 273 g/mol. The summed E-state index contributed by atoms with van der Waals surface area (Å²) in [5.74, 6) is -0.286. The molecule has 1 aliphatic heterocycles. The van der Waals surface area contributed by atoms with Gasteiger partial charge >= 0.3 is 5.97 Å². The van der Waals surface area contributed by atoms with Crippen molar-refractivity contribution in [2.24, 2.45) is 0 Å². The minimum absolute atomic E-state index is 0.0492. The van der Waals surface area contributed by atoms with Crippen LogP contribution in [0.15, 0.2) is 18.2 Å². The van der Waals surface area contributed by atoms with Gasteiger partial charge in [-0.3, -0.25) is 4.79 Å². The molecule has 0 aliphatic carbocycles. The Morgan fingerprint density at radius 1 is 1.45 bits per heavy atom. The second-order valence-corrected chi connectivity index (χ2v) is 5.07. The van der Waals surface area contributed by atoms with Crippen LogP contribution < -0.4 is 0 Å². The molecule has 104 valence electrons. The van der Waals surface area contributed by atoms with Gasteiger partial charge in [0.1, 0.15) is 17.4 Å². The average Bonchev–Trinajstić information content (AvgIpc) is 2.89. The number of carboxylic acids is 1. The highest BCUT2D eigenvalue weighted by Gasteiger charge is 2.33. The standard InChI is InChI=1S/C14H15N3O3/c1-8-15-12-9(14(19)20)4-3-5-10(12)17(8)11-6-7-16(2)13(11)18/h3-5,11H,6-7H2,1-2H3,(H,19,20). The molecule has 2 aromatic rings. The number of carboxylic acid groups (broad SMARTS) is 1. The van der Waals surface area contributed by atoms with Gasteiger partial charge in [-0.25, -0.2) is 9.78 Å². The van der Waals surface area contributed by atoms with Crippen LogP contribution in [-0.4, -0.2) is 45.0 Å². The fourth-order valence-corrected chi connectivity index (χ4v) is 2.84. The predicted molar refractivity (Wildman–Crippen MR) is 72.7 cm³/mol. The maximum absolute atomic E-state index is 12.2. The molecule has 6 nitrogen and oxygen atoms in total. The van der Waals surface area contributed by atoms with Gasteiger partial charge in [0.15, 0.2) is 0 Å². The molecule has 6 heteroatoms. The number of amides is 1. The number of nitrogens with zero attached hydrogens (tertiary/aromatic N) is 3. The van der Waals surface area contributed by atoms with Crippen LogP contribution in [0.2, 0.25) is 0 Å². The van der Waals surface area contributed by atoms with Crippen LogP contribution in [0.4, 0.5) is 0 Å². The van der Waals surface area contributed by atoms with Gasteiger partial charge in [0.25, 0.3) is 0 Å². The molecular formula is C14H15N3O3. The lowest BCUT2D eigenvalue weighted by molar-refractivity contribution is -0.129. The van der Waals surface area contributed by atoms with Gasteiger partial charge in [-0.15, -0.1) is 0 Å². The van der Waals surface area contributed by atoms with E-state index in [1.165, 1.54) is 6.07 Å². The lowest BCUT2D eigenvalue weighted by Crippen LogP contribution is -2.24. The fourth-order valence-electron chi connectivity index (χ4n) is 2.84. The highest BCUT2D eigenvalue weighted by Crippen LogP contribution is 2.29. The Morgan fingerprint density at radius 3 is 2.80 bits per heavy atom. The molecule has 1 aliphatic rings. The third kappa shape index (κ3) is 1.68. The van der Waals surface area contributed by atoms with E-state index in [2.05, 4.69) is 4.98 Å². The number of benzene rings is 1. The van der Waals surface area contributed by atoms with Crippen molar-refractivity contribution < 1.29 is 14.7 Å². The Kier molecular flexibility index (Phi) is 2.74. The lowest BCUT2D eigenvalue weighted by Gasteiger charge is -2.14. The molecule has 0 spiro atoms.